The molecule has 0 unspecified atom stereocenters. The molecule has 1 nitrogen and oxygen atoms in total. The average Bonchev–Trinajstić information content (AvgIpc) is 2.21. The maximum Gasteiger partial charge on any atom is 0.0250 e. The van der Waals surface area contributed by atoms with Crippen LogP contribution < -0.4 is 0 Å². The van der Waals surface area contributed by atoms with Crippen molar-refractivity contribution >= 4 is 31.9 Å². The molecule has 0 atom stereocenters. The van der Waals surface area contributed by atoms with Crippen molar-refractivity contribution in [1.29, 1.82) is 0 Å². The summed E-state index contributed by atoms with van der Waals surface area (Å²) >= 11 is 7.13. The predicted molar refractivity (Wildman–Crippen MR) is 73.5 cm³/mol. The Hall–Kier alpha value is 0.140. The molecule has 0 N–H and O–H groups in total. The third-order valence-corrected chi connectivity index (χ3v) is 4.87. The Kier molecular flexibility index (Phi) is 4.81. The van der Waals surface area contributed by atoms with Gasteiger partial charge in [0.25, 0.3) is 0 Å². The highest BCUT2D eigenvalue weighted by atomic mass is 79.9. The first-order valence-electron chi connectivity index (χ1n) is 4.98. The zero-order chi connectivity index (χ0) is 11.5. The summed E-state index contributed by atoms with van der Waals surface area (Å²) in [6.07, 6.45) is 0. The van der Waals surface area contributed by atoms with Crippen molar-refractivity contribution in [3.05, 3.63) is 34.3 Å². The molecule has 3 heteroatoms. The summed E-state index contributed by atoms with van der Waals surface area (Å²) in [4.78, 5) is 2.35. The Morgan fingerprint density at radius 1 is 1.27 bits per heavy atom. The Labute approximate surface area is 109 Å². The predicted octanol–water partition coefficient (Wildman–Crippen LogP) is 4.05. The maximum atomic E-state index is 3.58. The lowest BCUT2D eigenvalue weighted by Crippen LogP contribution is -2.42. The van der Waals surface area contributed by atoms with E-state index in [1.54, 1.807) is 0 Å². The number of benzene rings is 1. The summed E-state index contributed by atoms with van der Waals surface area (Å²) in [5.74, 6) is 0. The fourth-order valence-corrected chi connectivity index (χ4v) is 2.04. The van der Waals surface area contributed by atoms with E-state index in [2.05, 4.69) is 75.9 Å². The molecule has 0 aliphatic rings. The number of alkyl halides is 1. The summed E-state index contributed by atoms with van der Waals surface area (Å²) in [5.41, 5.74) is 1.50. The van der Waals surface area contributed by atoms with Crippen LogP contribution in [0.5, 0.6) is 0 Å². The van der Waals surface area contributed by atoms with E-state index in [-0.39, 0.29) is 5.54 Å². The first-order valence-corrected chi connectivity index (χ1v) is 6.89. The zero-order valence-corrected chi connectivity index (χ0v) is 12.6. The molecule has 0 bridgehead atoms. The second-order valence-corrected chi connectivity index (χ2v) is 5.81. The first-order chi connectivity index (χ1) is 6.97. The van der Waals surface area contributed by atoms with Gasteiger partial charge in [-0.25, -0.2) is 0 Å². The van der Waals surface area contributed by atoms with Crippen LogP contribution in [0.4, 0.5) is 0 Å². The Balaban J connectivity index is 2.75. The highest BCUT2D eigenvalue weighted by Gasteiger charge is 2.22. The second-order valence-electron chi connectivity index (χ2n) is 4.39. The van der Waals surface area contributed by atoms with E-state index >= 15 is 0 Å². The summed E-state index contributed by atoms with van der Waals surface area (Å²) in [6.45, 7) is 5.43. The van der Waals surface area contributed by atoms with Crippen LogP contribution >= 0.6 is 31.9 Å². The van der Waals surface area contributed by atoms with Crippen LogP contribution in [0, 0.1) is 0 Å². The monoisotopic (exact) mass is 333 g/mol. The molecule has 1 aromatic carbocycles. The molecule has 0 saturated heterocycles. The van der Waals surface area contributed by atoms with Gasteiger partial charge in [-0.2, -0.15) is 0 Å². The fourth-order valence-electron chi connectivity index (χ4n) is 1.20. The highest BCUT2D eigenvalue weighted by Crippen LogP contribution is 2.22. The van der Waals surface area contributed by atoms with Crippen molar-refractivity contribution in [3.8, 4) is 0 Å². The molecule has 1 aromatic rings. The first kappa shape index (κ1) is 13.2. The number of hydrogen-bond donors (Lipinski definition) is 0. The van der Waals surface area contributed by atoms with Crippen LogP contribution in [0.2, 0.25) is 0 Å². The summed E-state index contributed by atoms with van der Waals surface area (Å²) in [6, 6.07) is 8.37. The number of hydrogen-bond acceptors (Lipinski definition) is 1. The van der Waals surface area contributed by atoms with E-state index in [1.165, 1.54) is 10.0 Å². The molecule has 0 aliphatic heterocycles. The normalized spacial score (nSPS) is 12.1. The summed E-state index contributed by atoms with van der Waals surface area (Å²) < 4.78 is 1.18. The van der Waals surface area contributed by atoms with Crippen LogP contribution in [0.3, 0.4) is 0 Å². The molecule has 0 aromatic heterocycles. The third kappa shape index (κ3) is 3.58. The van der Waals surface area contributed by atoms with Crippen LogP contribution in [0.1, 0.15) is 19.4 Å². The molecule has 0 aliphatic carbocycles. The van der Waals surface area contributed by atoms with Crippen molar-refractivity contribution in [1.82, 2.24) is 4.90 Å². The lowest BCUT2D eigenvalue weighted by molar-refractivity contribution is 0.173. The number of rotatable bonds is 4. The SMILES string of the molecule is CN(Cc1ccccc1Br)C(C)(C)CBr. The van der Waals surface area contributed by atoms with Gasteiger partial charge in [0.05, 0.1) is 0 Å². The molecule has 0 heterocycles. The van der Waals surface area contributed by atoms with E-state index < -0.39 is 0 Å². The van der Waals surface area contributed by atoms with Crippen molar-refractivity contribution in [2.24, 2.45) is 0 Å². The molecule has 0 radical (unpaired) electrons. The topological polar surface area (TPSA) is 3.24 Å². The van der Waals surface area contributed by atoms with Crippen LogP contribution in [-0.4, -0.2) is 22.8 Å². The minimum atomic E-state index is 0.176. The minimum Gasteiger partial charge on any atom is -0.296 e. The Morgan fingerprint density at radius 2 is 1.87 bits per heavy atom. The van der Waals surface area contributed by atoms with Crippen LogP contribution in [0.25, 0.3) is 0 Å². The van der Waals surface area contributed by atoms with E-state index in [1.807, 2.05) is 6.07 Å². The molecular weight excluding hydrogens is 318 g/mol. The van der Waals surface area contributed by atoms with Gasteiger partial charge in [0.1, 0.15) is 0 Å². The molecular formula is C12H17Br2N. The minimum absolute atomic E-state index is 0.176. The molecule has 0 fully saturated rings. The smallest absolute Gasteiger partial charge is 0.0250 e. The third-order valence-electron chi connectivity index (χ3n) is 2.73. The number of halogens is 2. The van der Waals surface area contributed by atoms with Crippen molar-refractivity contribution in [3.63, 3.8) is 0 Å². The van der Waals surface area contributed by atoms with Gasteiger partial charge in [-0.05, 0) is 32.5 Å². The lowest BCUT2D eigenvalue weighted by Gasteiger charge is -2.34. The van der Waals surface area contributed by atoms with Crippen molar-refractivity contribution in [2.75, 3.05) is 12.4 Å². The van der Waals surface area contributed by atoms with Crippen LogP contribution in [-0.2, 0) is 6.54 Å². The fraction of sp³-hybridized carbons (Fsp3) is 0.500. The lowest BCUT2D eigenvalue weighted by atomic mass is 10.1. The van der Waals surface area contributed by atoms with Gasteiger partial charge in [0.2, 0.25) is 0 Å². The van der Waals surface area contributed by atoms with E-state index in [4.69, 9.17) is 0 Å². The van der Waals surface area contributed by atoms with Crippen molar-refractivity contribution in [2.45, 2.75) is 25.9 Å². The molecule has 0 amide bonds. The Morgan fingerprint density at radius 3 is 2.40 bits per heavy atom. The van der Waals surface area contributed by atoms with Gasteiger partial charge in [0, 0.05) is 21.9 Å². The zero-order valence-electron chi connectivity index (χ0n) is 9.43. The van der Waals surface area contributed by atoms with E-state index in [0.29, 0.717) is 0 Å². The van der Waals surface area contributed by atoms with E-state index in [0.717, 1.165) is 11.9 Å². The summed E-state index contributed by atoms with van der Waals surface area (Å²) in [5, 5.41) is 0.973. The van der Waals surface area contributed by atoms with Gasteiger partial charge in [0.15, 0.2) is 0 Å². The van der Waals surface area contributed by atoms with Gasteiger partial charge in [-0.3, -0.25) is 4.90 Å². The Bertz CT molecular complexity index is 323. The largest absolute Gasteiger partial charge is 0.296 e. The standard InChI is InChI=1S/C12H17Br2N/c1-12(2,9-13)15(3)8-10-6-4-5-7-11(10)14/h4-7H,8-9H2,1-3H3. The van der Waals surface area contributed by atoms with Gasteiger partial charge in [-0.15, -0.1) is 0 Å². The molecule has 0 spiro atoms. The maximum absolute atomic E-state index is 3.58. The quantitative estimate of drug-likeness (QED) is 0.751. The van der Waals surface area contributed by atoms with Gasteiger partial charge in [-0.1, -0.05) is 50.1 Å². The van der Waals surface area contributed by atoms with Gasteiger partial charge >= 0.3 is 0 Å². The van der Waals surface area contributed by atoms with Gasteiger partial charge < -0.3 is 0 Å². The van der Waals surface area contributed by atoms with E-state index in [9.17, 15) is 0 Å². The second kappa shape index (κ2) is 5.46. The highest BCUT2D eigenvalue weighted by molar-refractivity contribution is 9.10. The van der Waals surface area contributed by atoms with Crippen molar-refractivity contribution < 1.29 is 0 Å². The molecule has 15 heavy (non-hydrogen) atoms. The summed E-state index contributed by atoms with van der Waals surface area (Å²) in [7, 11) is 2.15. The number of nitrogens with zero attached hydrogens (tertiary/aromatic N) is 1. The molecule has 84 valence electrons. The van der Waals surface area contributed by atoms with Crippen LogP contribution in [0.15, 0.2) is 28.7 Å². The molecule has 0 saturated carbocycles. The average molecular weight is 335 g/mol. The molecule has 1 rings (SSSR count).